The number of tetrazole rings is 1. The van der Waals surface area contributed by atoms with Gasteiger partial charge in [0.25, 0.3) is 0 Å². The van der Waals surface area contributed by atoms with Gasteiger partial charge in [0.05, 0.1) is 6.54 Å². The summed E-state index contributed by atoms with van der Waals surface area (Å²) in [7, 11) is 0. The Kier molecular flexibility index (Phi) is 4.53. The van der Waals surface area contributed by atoms with Gasteiger partial charge in [-0.25, -0.2) is 4.39 Å². The van der Waals surface area contributed by atoms with Gasteiger partial charge in [0.1, 0.15) is 11.9 Å². The van der Waals surface area contributed by atoms with Crippen LogP contribution in [0.4, 0.5) is 4.39 Å². The van der Waals surface area contributed by atoms with Crippen LogP contribution in [0, 0.1) is 12.7 Å². The molecule has 2 aromatic carbocycles. The second-order valence-corrected chi connectivity index (χ2v) is 5.63. The molecule has 3 aromatic rings. The van der Waals surface area contributed by atoms with E-state index in [0.717, 1.165) is 0 Å². The minimum absolute atomic E-state index is 0.0822. The number of nitrogens with zero attached hydrogens (tertiary/aromatic N) is 4. The molecule has 1 atom stereocenters. The Bertz CT molecular complexity index is 908. The second-order valence-electron chi connectivity index (χ2n) is 5.63. The first-order valence-electron chi connectivity index (χ1n) is 7.56. The molecule has 1 amide bonds. The number of amides is 1. The summed E-state index contributed by atoms with van der Waals surface area (Å²) < 4.78 is 13.2. The third-order valence-corrected chi connectivity index (χ3v) is 3.81. The predicted octanol–water partition coefficient (Wildman–Crippen LogP) is 1.62. The number of rotatable bonds is 5. The van der Waals surface area contributed by atoms with Crippen molar-refractivity contribution in [3.8, 4) is 11.4 Å². The molecule has 0 radical (unpaired) electrons. The van der Waals surface area contributed by atoms with E-state index in [0.29, 0.717) is 28.1 Å². The van der Waals surface area contributed by atoms with Crippen LogP contribution in [-0.4, -0.2) is 31.2 Å². The van der Waals surface area contributed by atoms with Crippen molar-refractivity contribution in [2.75, 3.05) is 0 Å². The smallest absolute Gasteiger partial charge is 0.248 e. The van der Waals surface area contributed by atoms with E-state index in [2.05, 4.69) is 15.4 Å². The van der Waals surface area contributed by atoms with Gasteiger partial charge in [-0.3, -0.25) is 4.79 Å². The first-order chi connectivity index (χ1) is 11.9. The Balaban J connectivity index is 1.76. The molecule has 3 rings (SSSR count). The maximum Gasteiger partial charge on any atom is 0.248 e. The lowest BCUT2D eigenvalue weighted by Crippen LogP contribution is -2.12. The van der Waals surface area contributed by atoms with E-state index in [1.807, 2.05) is 0 Å². The average molecular weight is 341 g/mol. The van der Waals surface area contributed by atoms with Gasteiger partial charge in [0.2, 0.25) is 11.7 Å². The Morgan fingerprint density at radius 1 is 1.28 bits per heavy atom. The topological polar surface area (TPSA) is 107 Å². The minimum Gasteiger partial charge on any atom is -0.386 e. The normalized spacial score (nSPS) is 12.1. The second kappa shape index (κ2) is 6.78. The van der Waals surface area contributed by atoms with Crippen molar-refractivity contribution in [2.45, 2.75) is 19.6 Å². The van der Waals surface area contributed by atoms with Gasteiger partial charge in [-0.05, 0) is 47.5 Å². The molecule has 0 aliphatic carbocycles. The zero-order chi connectivity index (χ0) is 18.0. The Hall–Kier alpha value is -3.13. The number of hydrogen-bond donors (Lipinski definition) is 2. The molecule has 0 aliphatic heterocycles. The summed E-state index contributed by atoms with van der Waals surface area (Å²) in [4.78, 5) is 12.3. The molecular formula is C17H16FN5O2. The molecule has 3 N–H and O–H groups in total. The third kappa shape index (κ3) is 3.69. The van der Waals surface area contributed by atoms with Crippen molar-refractivity contribution in [1.29, 1.82) is 0 Å². The van der Waals surface area contributed by atoms with Gasteiger partial charge in [0, 0.05) is 11.1 Å². The predicted molar refractivity (Wildman–Crippen MR) is 87.9 cm³/mol. The summed E-state index contributed by atoms with van der Waals surface area (Å²) >= 11 is 0. The van der Waals surface area contributed by atoms with E-state index in [-0.39, 0.29) is 12.4 Å². The number of aromatic nitrogens is 4. The molecule has 128 valence electrons. The van der Waals surface area contributed by atoms with Crippen LogP contribution >= 0.6 is 0 Å². The van der Waals surface area contributed by atoms with E-state index in [1.54, 1.807) is 31.2 Å². The Morgan fingerprint density at radius 3 is 2.64 bits per heavy atom. The Morgan fingerprint density at radius 2 is 2.00 bits per heavy atom. The largest absolute Gasteiger partial charge is 0.386 e. The fourth-order valence-corrected chi connectivity index (χ4v) is 2.49. The van der Waals surface area contributed by atoms with Gasteiger partial charge in [-0.2, -0.15) is 4.80 Å². The highest BCUT2D eigenvalue weighted by Gasteiger charge is 2.14. The van der Waals surface area contributed by atoms with Gasteiger partial charge < -0.3 is 10.8 Å². The maximum absolute atomic E-state index is 13.2. The van der Waals surface area contributed by atoms with Crippen molar-refractivity contribution in [3.63, 3.8) is 0 Å². The summed E-state index contributed by atoms with van der Waals surface area (Å²) in [6.45, 7) is 1.81. The first-order valence-corrected chi connectivity index (χ1v) is 7.56. The molecule has 8 heteroatoms. The molecule has 0 spiro atoms. The van der Waals surface area contributed by atoms with Crippen LogP contribution in [0.2, 0.25) is 0 Å². The lowest BCUT2D eigenvalue weighted by Gasteiger charge is -2.12. The van der Waals surface area contributed by atoms with Crippen LogP contribution in [0.3, 0.4) is 0 Å². The summed E-state index contributed by atoms with van der Waals surface area (Å²) in [6.07, 6.45) is -0.889. The van der Waals surface area contributed by atoms with Gasteiger partial charge in [-0.15, -0.1) is 10.2 Å². The molecular weight excluding hydrogens is 325 g/mol. The van der Waals surface area contributed by atoms with Crippen LogP contribution in [0.5, 0.6) is 0 Å². The number of benzene rings is 2. The van der Waals surface area contributed by atoms with Crippen LogP contribution in [0.25, 0.3) is 11.4 Å². The summed E-state index contributed by atoms with van der Waals surface area (Å²) in [5, 5.41) is 22.4. The van der Waals surface area contributed by atoms with Gasteiger partial charge in [-0.1, -0.05) is 18.2 Å². The fourth-order valence-electron chi connectivity index (χ4n) is 2.49. The van der Waals surface area contributed by atoms with Crippen LogP contribution in [0.15, 0.2) is 42.5 Å². The van der Waals surface area contributed by atoms with Crippen LogP contribution in [-0.2, 0) is 6.54 Å². The number of hydrogen-bond acceptors (Lipinski definition) is 5. The average Bonchev–Trinajstić information content (AvgIpc) is 3.03. The summed E-state index contributed by atoms with van der Waals surface area (Å²) in [5.41, 5.74) is 7.51. The highest BCUT2D eigenvalue weighted by atomic mass is 19.1. The van der Waals surface area contributed by atoms with Crippen molar-refractivity contribution < 1.29 is 14.3 Å². The number of nitrogens with two attached hydrogens (primary N) is 1. The zero-order valence-corrected chi connectivity index (χ0v) is 13.4. The van der Waals surface area contributed by atoms with E-state index >= 15 is 0 Å². The fraction of sp³-hybridized carbons (Fsp3) is 0.176. The van der Waals surface area contributed by atoms with Crippen LogP contribution < -0.4 is 5.73 Å². The number of carbonyl (C=O) groups excluding carboxylic acids is 1. The zero-order valence-electron chi connectivity index (χ0n) is 13.4. The van der Waals surface area contributed by atoms with E-state index in [1.165, 1.54) is 23.0 Å². The van der Waals surface area contributed by atoms with E-state index < -0.39 is 12.0 Å². The maximum atomic E-state index is 13.2. The molecule has 1 unspecified atom stereocenters. The third-order valence-electron chi connectivity index (χ3n) is 3.81. The highest BCUT2D eigenvalue weighted by molar-refractivity contribution is 5.93. The van der Waals surface area contributed by atoms with Gasteiger partial charge >= 0.3 is 0 Å². The number of primary amides is 1. The van der Waals surface area contributed by atoms with E-state index in [9.17, 15) is 14.3 Å². The number of carbonyl (C=O) groups is 1. The number of halogens is 1. The van der Waals surface area contributed by atoms with Gasteiger partial charge in [0.15, 0.2) is 0 Å². The minimum atomic E-state index is -0.889. The number of aliphatic hydroxyl groups is 1. The monoisotopic (exact) mass is 341 g/mol. The Labute approximate surface area is 142 Å². The molecule has 0 saturated heterocycles. The molecule has 0 aliphatic rings. The molecule has 7 nitrogen and oxygen atoms in total. The lowest BCUT2D eigenvalue weighted by molar-refractivity contribution is 0.1000. The lowest BCUT2D eigenvalue weighted by atomic mass is 10.0. The van der Waals surface area contributed by atoms with E-state index in [4.69, 9.17) is 5.73 Å². The molecule has 0 fully saturated rings. The van der Waals surface area contributed by atoms with Crippen molar-refractivity contribution in [1.82, 2.24) is 20.2 Å². The molecule has 1 heterocycles. The first kappa shape index (κ1) is 16.7. The molecule has 25 heavy (non-hydrogen) atoms. The highest BCUT2D eigenvalue weighted by Crippen LogP contribution is 2.20. The summed E-state index contributed by atoms with van der Waals surface area (Å²) in [6, 6.07) is 10.7. The SMILES string of the molecule is Cc1cc(F)ccc1C(O)Cn1nnc(-c2ccc(C(N)=O)cc2)n1. The number of aryl methyl sites for hydroxylation is 1. The summed E-state index contributed by atoms with van der Waals surface area (Å²) in [5.74, 6) is -0.506. The number of aliphatic hydroxyl groups excluding tert-OH is 1. The van der Waals surface area contributed by atoms with Crippen molar-refractivity contribution in [2.24, 2.45) is 5.73 Å². The quantitative estimate of drug-likeness (QED) is 0.733. The van der Waals surface area contributed by atoms with Crippen LogP contribution in [0.1, 0.15) is 27.6 Å². The standard InChI is InChI=1S/C17H16FN5O2/c1-10-8-13(18)6-7-14(10)15(24)9-23-21-17(20-22-23)12-4-2-11(3-5-12)16(19)25/h2-8,15,24H,9H2,1H3,(H2,19,25). The molecule has 0 bridgehead atoms. The molecule has 0 saturated carbocycles. The van der Waals surface area contributed by atoms with Crippen molar-refractivity contribution >= 4 is 5.91 Å². The van der Waals surface area contributed by atoms with Crippen molar-refractivity contribution in [3.05, 3.63) is 65.0 Å². The molecule has 1 aromatic heterocycles.